The van der Waals surface area contributed by atoms with E-state index in [2.05, 4.69) is 34.6 Å². The molecule has 21 heavy (non-hydrogen) atoms. The van der Waals surface area contributed by atoms with Crippen LogP contribution in [-0.4, -0.2) is 11.1 Å². The smallest absolute Gasteiger partial charge is 0.337 e. The number of carbonyl (C=O) groups is 1. The lowest BCUT2D eigenvalue weighted by atomic mass is 9.86. The molecule has 0 fully saturated rings. The van der Waals surface area contributed by atoms with Crippen molar-refractivity contribution < 1.29 is 9.90 Å². The van der Waals surface area contributed by atoms with Crippen LogP contribution in [0.3, 0.4) is 0 Å². The van der Waals surface area contributed by atoms with E-state index in [1.807, 2.05) is 6.07 Å². The van der Waals surface area contributed by atoms with Crippen LogP contribution in [0.15, 0.2) is 18.2 Å². The Morgan fingerprint density at radius 2 is 1.38 bits per heavy atom. The predicted octanol–water partition coefficient (Wildman–Crippen LogP) is 5.25. The summed E-state index contributed by atoms with van der Waals surface area (Å²) in [6.45, 7) is 10.5. The second kappa shape index (κ2) is 5.53. The highest BCUT2D eigenvalue weighted by molar-refractivity contribution is 6.33. The zero-order chi connectivity index (χ0) is 15.9. The van der Waals surface area contributed by atoms with Gasteiger partial charge in [0.1, 0.15) is 0 Å². The van der Waals surface area contributed by atoms with E-state index in [-0.39, 0.29) is 10.6 Å². The van der Waals surface area contributed by atoms with E-state index < -0.39 is 5.97 Å². The Hall–Kier alpha value is -1.80. The minimum Gasteiger partial charge on any atom is -0.478 e. The van der Waals surface area contributed by atoms with Gasteiger partial charge in [0.2, 0.25) is 0 Å². The van der Waals surface area contributed by atoms with E-state index in [1.165, 1.54) is 27.8 Å². The average Bonchev–Trinajstić information content (AvgIpc) is 2.44. The van der Waals surface area contributed by atoms with Crippen molar-refractivity contribution in [2.45, 2.75) is 34.6 Å². The molecule has 1 N–H and O–H groups in total. The Bertz CT molecular complexity index is 716. The summed E-state index contributed by atoms with van der Waals surface area (Å²) >= 11 is 5.97. The number of rotatable bonds is 2. The van der Waals surface area contributed by atoms with Gasteiger partial charge in [0.15, 0.2) is 0 Å². The third-order valence-corrected chi connectivity index (χ3v) is 4.82. The van der Waals surface area contributed by atoms with Gasteiger partial charge in [-0.3, -0.25) is 0 Å². The SMILES string of the molecule is Cc1c(C)c(C)c(-c2ccc(Cl)c(C(=O)O)c2)c(C)c1C. The number of carboxylic acid groups (broad SMARTS) is 1. The van der Waals surface area contributed by atoms with Crippen molar-refractivity contribution >= 4 is 17.6 Å². The fourth-order valence-corrected chi connectivity index (χ4v) is 2.98. The van der Waals surface area contributed by atoms with Crippen molar-refractivity contribution in [3.63, 3.8) is 0 Å². The van der Waals surface area contributed by atoms with Crippen LogP contribution in [0.25, 0.3) is 11.1 Å². The Kier molecular flexibility index (Phi) is 4.11. The van der Waals surface area contributed by atoms with Gasteiger partial charge < -0.3 is 5.11 Å². The van der Waals surface area contributed by atoms with Gasteiger partial charge >= 0.3 is 5.97 Å². The monoisotopic (exact) mass is 302 g/mol. The van der Waals surface area contributed by atoms with Crippen molar-refractivity contribution in [3.05, 3.63) is 56.6 Å². The fourth-order valence-electron chi connectivity index (χ4n) is 2.78. The van der Waals surface area contributed by atoms with Crippen LogP contribution >= 0.6 is 11.6 Å². The van der Waals surface area contributed by atoms with Crippen LogP contribution in [0.1, 0.15) is 38.2 Å². The van der Waals surface area contributed by atoms with Crippen molar-refractivity contribution in [2.75, 3.05) is 0 Å². The van der Waals surface area contributed by atoms with Crippen LogP contribution < -0.4 is 0 Å². The van der Waals surface area contributed by atoms with E-state index in [0.717, 1.165) is 11.1 Å². The molecule has 0 unspecified atom stereocenters. The second-order valence-electron chi connectivity index (χ2n) is 5.50. The van der Waals surface area contributed by atoms with E-state index in [9.17, 15) is 9.90 Å². The van der Waals surface area contributed by atoms with Crippen LogP contribution in [0.5, 0.6) is 0 Å². The van der Waals surface area contributed by atoms with Crippen LogP contribution in [0, 0.1) is 34.6 Å². The molecule has 0 spiro atoms. The number of aromatic carboxylic acids is 1. The average molecular weight is 303 g/mol. The first-order valence-electron chi connectivity index (χ1n) is 6.85. The number of benzene rings is 2. The topological polar surface area (TPSA) is 37.3 Å². The molecule has 0 aliphatic heterocycles. The number of hydrogen-bond donors (Lipinski definition) is 1. The molecule has 0 aliphatic carbocycles. The molecule has 3 heteroatoms. The van der Waals surface area contributed by atoms with Gasteiger partial charge in [-0.05, 0) is 85.7 Å². The van der Waals surface area contributed by atoms with Gasteiger partial charge in [0, 0.05) is 0 Å². The summed E-state index contributed by atoms with van der Waals surface area (Å²) in [5, 5.41) is 9.51. The molecule has 2 nitrogen and oxygen atoms in total. The molecule has 0 bridgehead atoms. The Morgan fingerprint density at radius 3 is 1.86 bits per heavy atom. The standard InChI is InChI=1S/C18H19ClO2/c1-9-10(2)12(4)17(13(5)11(9)3)14-6-7-16(19)15(8-14)18(20)21/h6-8H,1-5H3,(H,20,21). The van der Waals surface area contributed by atoms with Crippen LogP contribution in [0.2, 0.25) is 5.02 Å². The molecule has 0 atom stereocenters. The van der Waals surface area contributed by atoms with Crippen molar-refractivity contribution in [1.82, 2.24) is 0 Å². The molecule has 2 aromatic rings. The van der Waals surface area contributed by atoms with Gasteiger partial charge in [-0.2, -0.15) is 0 Å². The zero-order valence-corrected chi connectivity index (χ0v) is 13.7. The normalized spacial score (nSPS) is 10.8. The highest BCUT2D eigenvalue weighted by Gasteiger charge is 2.16. The zero-order valence-electron chi connectivity index (χ0n) is 13.0. The minimum atomic E-state index is -1.00. The number of halogens is 1. The molecule has 110 valence electrons. The minimum absolute atomic E-state index is 0.142. The molecule has 0 heterocycles. The Morgan fingerprint density at radius 1 is 0.905 bits per heavy atom. The first kappa shape index (κ1) is 15.6. The van der Waals surface area contributed by atoms with Crippen LogP contribution in [-0.2, 0) is 0 Å². The second-order valence-corrected chi connectivity index (χ2v) is 5.91. The molecule has 0 saturated carbocycles. The summed E-state index contributed by atoms with van der Waals surface area (Å²) in [6, 6.07) is 5.20. The van der Waals surface area contributed by atoms with Gasteiger partial charge in [-0.25, -0.2) is 4.79 Å². The Balaban J connectivity index is 2.80. The van der Waals surface area contributed by atoms with E-state index in [0.29, 0.717) is 0 Å². The predicted molar refractivity (Wildman–Crippen MR) is 87.5 cm³/mol. The summed E-state index contributed by atoms with van der Waals surface area (Å²) in [7, 11) is 0. The quantitative estimate of drug-likeness (QED) is 0.823. The molecule has 0 radical (unpaired) electrons. The van der Waals surface area contributed by atoms with Gasteiger partial charge in [-0.1, -0.05) is 17.7 Å². The summed E-state index contributed by atoms with van der Waals surface area (Å²) in [5.41, 5.74) is 8.32. The van der Waals surface area contributed by atoms with Crippen molar-refractivity contribution in [2.24, 2.45) is 0 Å². The lowest BCUT2D eigenvalue weighted by molar-refractivity contribution is 0.0697. The maximum atomic E-state index is 11.3. The largest absolute Gasteiger partial charge is 0.478 e. The molecule has 0 saturated heterocycles. The lowest BCUT2D eigenvalue weighted by Gasteiger charge is -2.19. The molecule has 2 rings (SSSR count). The third kappa shape index (κ3) is 2.56. The molecular formula is C18H19ClO2. The van der Waals surface area contributed by atoms with E-state index in [4.69, 9.17) is 11.6 Å². The van der Waals surface area contributed by atoms with Gasteiger partial charge in [0.05, 0.1) is 10.6 Å². The molecule has 0 aliphatic rings. The summed E-state index contributed by atoms with van der Waals surface area (Å²) in [5.74, 6) is -1.00. The Labute approximate surface area is 130 Å². The fraction of sp³-hybridized carbons (Fsp3) is 0.278. The highest BCUT2D eigenvalue weighted by Crippen LogP contribution is 2.35. The van der Waals surface area contributed by atoms with E-state index >= 15 is 0 Å². The van der Waals surface area contributed by atoms with Crippen LogP contribution in [0.4, 0.5) is 0 Å². The highest BCUT2D eigenvalue weighted by atomic mass is 35.5. The summed E-state index contributed by atoms with van der Waals surface area (Å²) < 4.78 is 0. The first-order chi connectivity index (χ1) is 9.75. The number of carboxylic acids is 1. The van der Waals surface area contributed by atoms with E-state index in [1.54, 1.807) is 12.1 Å². The third-order valence-electron chi connectivity index (χ3n) is 4.49. The first-order valence-corrected chi connectivity index (χ1v) is 7.23. The van der Waals surface area contributed by atoms with Gasteiger partial charge in [0.25, 0.3) is 0 Å². The van der Waals surface area contributed by atoms with Crippen molar-refractivity contribution in [1.29, 1.82) is 0 Å². The van der Waals surface area contributed by atoms with Crippen molar-refractivity contribution in [3.8, 4) is 11.1 Å². The van der Waals surface area contributed by atoms with Gasteiger partial charge in [-0.15, -0.1) is 0 Å². The maximum Gasteiger partial charge on any atom is 0.337 e. The molecular weight excluding hydrogens is 284 g/mol. The molecule has 2 aromatic carbocycles. The molecule has 0 amide bonds. The summed E-state index contributed by atoms with van der Waals surface area (Å²) in [4.78, 5) is 11.3. The molecule has 0 aromatic heterocycles. The maximum absolute atomic E-state index is 11.3. The summed E-state index contributed by atoms with van der Waals surface area (Å²) in [6.07, 6.45) is 0. The number of hydrogen-bond acceptors (Lipinski definition) is 1. The lowest BCUT2D eigenvalue weighted by Crippen LogP contribution is -2.02.